The molecule has 2 aliphatic heterocycles. The number of aliphatic hydroxyl groups excluding tert-OH is 2. The largest absolute Gasteiger partial charge is 0.493 e. The standard InChI is InChI=1S/C24H41N3O5/c1-24(2,27-10-12-31-13-11-27)18-25-15-19-4-5-22(23(14-19)30-3)32-17-21(29)16-26-8-6-20(28)7-9-26/h4-5,14,20-21,25,28-29H,6-13,15-18H2,1-3H3. The Morgan fingerprint density at radius 2 is 1.88 bits per heavy atom. The van der Waals surface area contributed by atoms with E-state index in [0.29, 0.717) is 18.0 Å². The third-order valence-corrected chi connectivity index (χ3v) is 6.44. The number of methoxy groups -OCH3 is 1. The summed E-state index contributed by atoms with van der Waals surface area (Å²) in [6, 6.07) is 5.93. The van der Waals surface area contributed by atoms with Crippen LogP contribution in [0.25, 0.3) is 0 Å². The van der Waals surface area contributed by atoms with E-state index in [2.05, 4.69) is 29.0 Å². The Bertz CT molecular complexity index is 688. The van der Waals surface area contributed by atoms with Crippen LogP contribution in [0.4, 0.5) is 0 Å². The topological polar surface area (TPSA) is 86.7 Å². The predicted octanol–water partition coefficient (Wildman–Crippen LogP) is 1.09. The molecule has 32 heavy (non-hydrogen) atoms. The number of nitrogens with one attached hydrogen (secondary N) is 1. The third-order valence-electron chi connectivity index (χ3n) is 6.44. The van der Waals surface area contributed by atoms with Gasteiger partial charge in [-0.3, -0.25) is 4.90 Å². The van der Waals surface area contributed by atoms with Gasteiger partial charge >= 0.3 is 0 Å². The average molecular weight is 452 g/mol. The molecule has 182 valence electrons. The van der Waals surface area contributed by atoms with Gasteiger partial charge in [0.1, 0.15) is 12.7 Å². The zero-order valence-electron chi connectivity index (χ0n) is 19.9. The first kappa shape index (κ1) is 25.2. The average Bonchev–Trinajstić information content (AvgIpc) is 2.80. The van der Waals surface area contributed by atoms with Crippen molar-refractivity contribution >= 4 is 0 Å². The molecule has 0 aliphatic carbocycles. The Balaban J connectivity index is 1.44. The summed E-state index contributed by atoms with van der Waals surface area (Å²) < 4.78 is 16.9. The number of likely N-dealkylation sites (tertiary alicyclic amines) is 1. The summed E-state index contributed by atoms with van der Waals surface area (Å²) in [5, 5.41) is 23.5. The molecule has 1 aromatic carbocycles. The molecular weight excluding hydrogens is 410 g/mol. The number of piperidine rings is 1. The van der Waals surface area contributed by atoms with Crippen molar-refractivity contribution in [3.8, 4) is 11.5 Å². The molecule has 2 heterocycles. The van der Waals surface area contributed by atoms with E-state index in [9.17, 15) is 10.2 Å². The minimum atomic E-state index is -0.585. The maximum absolute atomic E-state index is 10.4. The summed E-state index contributed by atoms with van der Waals surface area (Å²) in [6.07, 6.45) is 0.738. The number of benzene rings is 1. The van der Waals surface area contributed by atoms with Gasteiger partial charge in [0.15, 0.2) is 11.5 Å². The van der Waals surface area contributed by atoms with Gasteiger partial charge in [-0.1, -0.05) is 6.07 Å². The van der Waals surface area contributed by atoms with E-state index in [4.69, 9.17) is 14.2 Å². The number of β-amino-alcohol motifs (C(OH)–C–C–N with tert-alkyl or cyclic N) is 1. The van der Waals surface area contributed by atoms with Gasteiger partial charge in [0.25, 0.3) is 0 Å². The lowest BCUT2D eigenvalue weighted by Crippen LogP contribution is -2.54. The molecule has 2 saturated heterocycles. The van der Waals surface area contributed by atoms with Crippen molar-refractivity contribution in [3.05, 3.63) is 23.8 Å². The maximum atomic E-state index is 10.4. The molecular formula is C24H41N3O5. The van der Waals surface area contributed by atoms with Gasteiger partial charge in [-0.2, -0.15) is 0 Å². The van der Waals surface area contributed by atoms with Crippen LogP contribution < -0.4 is 14.8 Å². The molecule has 3 N–H and O–H groups in total. The molecule has 0 aromatic heterocycles. The number of hydrogen-bond acceptors (Lipinski definition) is 8. The first-order valence-electron chi connectivity index (χ1n) is 11.8. The number of rotatable bonds is 11. The van der Waals surface area contributed by atoms with Gasteiger partial charge < -0.3 is 34.6 Å². The van der Waals surface area contributed by atoms with Crippen molar-refractivity contribution in [3.63, 3.8) is 0 Å². The van der Waals surface area contributed by atoms with E-state index in [-0.39, 0.29) is 18.2 Å². The Morgan fingerprint density at radius 1 is 1.16 bits per heavy atom. The van der Waals surface area contributed by atoms with Crippen LogP contribution in [0.1, 0.15) is 32.3 Å². The Labute approximate surface area is 192 Å². The third kappa shape index (κ3) is 7.57. The van der Waals surface area contributed by atoms with Crippen molar-refractivity contribution in [1.82, 2.24) is 15.1 Å². The van der Waals surface area contributed by atoms with E-state index in [1.807, 2.05) is 18.2 Å². The second-order valence-electron chi connectivity index (χ2n) is 9.50. The van der Waals surface area contributed by atoms with Crippen LogP contribution in [0.5, 0.6) is 11.5 Å². The Kier molecular flexibility index (Phi) is 9.58. The van der Waals surface area contributed by atoms with Gasteiger partial charge in [-0.25, -0.2) is 0 Å². The fourth-order valence-electron chi connectivity index (χ4n) is 4.37. The first-order valence-corrected chi connectivity index (χ1v) is 11.8. The lowest BCUT2D eigenvalue weighted by atomic mass is 10.0. The molecule has 2 aliphatic rings. The van der Waals surface area contributed by atoms with E-state index in [0.717, 1.165) is 70.9 Å². The zero-order chi connectivity index (χ0) is 23.0. The molecule has 8 nitrogen and oxygen atoms in total. The molecule has 0 amide bonds. The molecule has 0 radical (unpaired) electrons. The molecule has 1 atom stereocenters. The van der Waals surface area contributed by atoms with Crippen LogP contribution in [0.3, 0.4) is 0 Å². The molecule has 2 fully saturated rings. The van der Waals surface area contributed by atoms with Crippen LogP contribution in [-0.2, 0) is 11.3 Å². The van der Waals surface area contributed by atoms with Crippen molar-refractivity contribution < 1.29 is 24.4 Å². The highest BCUT2D eigenvalue weighted by atomic mass is 16.5. The van der Waals surface area contributed by atoms with Gasteiger partial charge in [0.05, 0.1) is 26.4 Å². The van der Waals surface area contributed by atoms with E-state index in [1.165, 1.54) is 0 Å². The number of nitrogens with zero attached hydrogens (tertiary/aromatic N) is 2. The lowest BCUT2D eigenvalue weighted by Gasteiger charge is -2.41. The summed E-state index contributed by atoms with van der Waals surface area (Å²) in [5.41, 5.74) is 1.19. The molecule has 0 bridgehead atoms. The molecule has 3 rings (SSSR count). The minimum absolute atomic E-state index is 0.0690. The summed E-state index contributed by atoms with van der Waals surface area (Å²) >= 11 is 0. The second-order valence-corrected chi connectivity index (χ2v) is 9.50. The lowest BCUT2D eigenvalue weighted by molar-refractivity contribution is -0.00967. The summed E-state index contributed by atoms with van der Waals surface area (Å²) in [5.74, 6) is 1.31. The maximum Gasteiger partial charge on any atom is 0.161 e. The normalized spacial score (nSPS) is 20.3. The predicted molar refractivity (Wildman–Crippen MR) is 124 cm³/mol. The highest BCUT2D eigenvalue weighted by molar-refractivity contribution is 5.43. The summed E-state index contributed by atoms with van der Waals surface area (Å²) in [7, 11) is 1.64. The summed E-state index contributed by atoms with van der Waals surface area (Å²) in [6.45, 7) is 12.1. The van der Waals surface area contributed by atoms with Gasteiger partial charge in [-0.15, -0.1) is 0 Å². The Morgan fingerprint density at radius 3 is 2.56 bits per heavy atom. The minimum Gasteiger partial charge on any atom is -0.493 e. The summed E-state index contributed by atoms with van der Waals surface area (Å²) in [4.78, 5) is 4.64. The first-order chi connectivity index (χ1) is 15.4. The van der Waals surface area contributed by atoms with Crippen LogP contribution in [0.15, 0.2) is 18.2 Å². The van der Waals surface area contributed by atoms with Gasteiger partial charge in [0.2, 0.25) is 0 Å². The fourth-order valence-corrected chi connectivity index (χ4v) is 4.37. The number of aliphatic hydroxyl groups is 2. The van der Waals surface area contributed by atoms with E-state index < -0.39 is 6.10 Å². The van der Waals surface area contributed by atoms with Gasteiger partial charge in [0, 0.05) is 51.4 Å². The number of ether oxygens (including phenoxy) is 3. The van der Waals surface area contributed by atoms with E-state index >= 15 is 0 Å². The van der Waals surface area contributed by atoms with Gasteiger partial charge in [-0.05, 0) is 44.4 Å². The van der Waals surface area contributed by atoms with Crippen LogP contribution in [0, 0.1) is 0 Å². The SMILES string of the molecule is COc1cc(CNCC(C)(C)N2CCOCC2)ccc1OCC(O)CN1CCC(O)CC1. The quantitative estimate of drug-likeness (QED) is 0.461. The van der Waals surface area contributed by atoms with Crippen LogP contribution in [-0.4, -0.2) is 104 Å². The van der Waals surface area contributed by atoms with Crippen LogP contribution >= 0.6 is 0 Å². The highest BCUT2D eigenvalue weighted by Gasteiger charge is 2.27. The van der Waals surface area contributed by atoms with Crippen molar-refractivity contribution in [2.24, 2.45) is 0 Å². The molecule has 1 unspecified atom stereocenters. The number of hydrogen-bond donors (Lipinski definition) is 3. The van der Waals surface area contributed by atoms with Crippen molar-refractivity contribution in [2.45, 2.75) is 51.0 Å². The number of morpholine rings is 1. The second kappa shape index (κ2) is 12.2. The monoisotopic (exact) mass is 451 g/mol. The smallest absolute Gasteiger partial charge is 0.161 e. The van der Waals surface area contributed by atoms with Crippen molar-refractivity contribution in [2.75, 3.05) is 66.2 Å². The van der Waals surface area contributed by atoms with Crippen LogP contribution in [0.2, 0.25) is 0 Å². The Hall–Kier alpha value is -1.42. The molecule has 0 spiro atoms. The van der Waals surface area contributed by atoms with E-state index in [1.54, 1.807) is 7.11 Å². The molecule has 0 saturated carbocycles. The fraction of sp³-hybridized carbons (Fsp3) is 0.750. The molecule has 8 heteroatoms. The highest BCUT2D eigenvalue weighted by Crippen LogP contribution is 2.28. The molecule has 1 aromatic rings. The zero-order valence-corrected chi connectivity index (χ0v) is 19.9. The van der Waals surface area contributed by atoms with Crippen molar-refractivity contribution in [1.29, 1.82) is 0 Å².